The van der Waals surface area contributed by atoms with Gasteiger partial charge in [0.1, 0.15) is 5.69 Å². The molecule has 1 saturated heterocycles. The SMILES string of the molecule is O=C(N[C@H]1CCNC1)c1cnc2ccccc2n1. The van der Waals surface area contributed by atoms with Gasteiger partial charge in [-0.2, -0.15) is 0 Å². The average molecular weight is 242 g/mol. The lowest BCUT2D eigenvalue weighted by atomic mass is 10.2. The van der Waals surface area contributed by atoms with Crippen LogP contribution in [0.5, 0.6) is 0 Å². The third kappa shape index (κ3) is 2.17. The number of benzene rings is 1. The van der Waals surface area contributed by atoms with Crippen LogP contribution >= 0.6 is 0 Å². The number of nitrogens with one attached hydrogen (secondary N) is 2. The molecule has 2 aromatic rings. The highest BCUT2D eigenvalue weighted by Crippen LogP contribution is 2.08. The number of carbonyl (C=O) groups excluding carboxylic acids is 1. The van der Waals surface area contributed by atoms with E-state index in [4.69, 9.17) is 0 Å². The largest absolute Gasteiger partial charge is 0.347 e. The molecule has 0 unspecified atom stereocenters. The monoisotopic (exact) mass is 242 g/mol. The maximum atomic E-state index is 12.0. The van der Waals surface area contributed by atoms with Crippen molar-refractivity contribution in [2.45, 2.75) is 12.5 Å². The van der Waals surface area contributed by atoms with Crippen LogP contribution in [0.2, 0.25) is 0 Å². The van der Waals surface area contributed by atoms with Gasteiger partial charge in [0, 0.05) is 12.6 Å². The number of hydrogen-bond acceptors (Lipinski definition) is 4. The van der Waals surface area contributed by atoms with Crippen LogP contribution in [0.1, 0.15) is 16.9 Å². The zero-order chi connectivity index (χ0) is 12.4. The Balaban J connectivity index is 1.82. The van der Waals surface area contributed by atoms with Gasteiger partial charge < -0.3 is 10.6 Å². The minimum atomic E-state index is -0.151. The van der Waals surface area contributed by atoms with Crippen molar-refractivity contribution in [3.8, 4) is 0 Å². The molecule has 1 aromatic heterocycles. The number of aromatic nitrogens is 2. The summed E-state index contributed by atoms with van der Waals surface area (Å²) in [4.78, 5) is 20.6. The van der Waals surface area contributed by atoms with E-state index in [2.05, 4.69) is 20.6 Å². The molecular weight excluding hydrogens is 228 g/mol. The molecule has 0 radical (unpaired) electrons. The predicted molar refractivity (Wildman–Crippen MR) is 68.3 cm³/mol. The summed E-state index contributed by atoms with van der Waals surface area (Å²) in [7, 11) is 0. The second-order valence-electron chi connectivity index (χ2n) is 4.41. The third-order valence-electron chi connectivity index (χ3n) is 3.08. The number of fused-ring (bicyclic) bond motifs is 1. The molecule has 1 fully saturated rings. The molecule has 1 aromatic carbocycles. The van der Waals surface area contributed by atoms with Crippen molar-refractivity contribution in [2.24, 2.45) is 0 Å². The Morgan fingerprint density at radius 2 is 2.17 bits per heavy atom. The maximum absolute atomic E-state index is 12.0. The minimum absolute atomic E-state index is 0.151. The molecule has 0 bridgehead atoms. The molecule has 2 heterocycles. The summed E-state index contributed by atoms with van der Waals surface area (Å²) in [5.74, 6) is -0.151. The zero-order valence-corrected chi connectivity index (χ0v) is 9.89. The van der Waals surface area contributed by atoms with E-state index in [1.54, 1.807) is 0 Å². The van der Waals surface area contributed by atoms with Crippen LogP contribution in [-0.4, -0.2) is 35.0 Å². The van der Waals surface area contributed by atoms with Gasteiger partial charge in [-0.3, -0.25) is 9.78 Å². The number of para-hydroxylation sites is 2. The Morgan fingerprint density at radius 1 is 1.33 bits per heavy atom. The van der Waals surface area contributed by atoms with Gasteiger partial charge in [0.15, 0.2) is 0 Å². The number of rotatable bonds is 2. The lowest BCUT2D eigenvalue weighted by molar-refractivity contribution is 0.0935. The maximum Gasteiger partial charge on any atom is 0.271 e. The first-order chi connectivity index (χ1) is 8.83. The van der Waals surface area contributed by atoms with Crippen LogP contribution in [0.25, 0.3) is 11.0 Å². The quantitative estimate of drug-likeness (QED) is 0.814. The van der Waals surface area contributed by atoms with Crippen LogP contribution in [-0.2, 0) is 0 Å². The lowest BCUT2D eigenvalue weighted by Gasteiger charge is -2.10. The first kappa shape index (κ1) is 11.1. The summed E-state index contributed by atoms with van der Waals surface area (Å²) >= 11 is 0. The average Bonchev–Trinajstić information content (AvgIpc) is 2.91. The summed E-state index contributed by atoms with van der Waals surface area (Å²) in [5, 5.41) is 6.16. The smallest absolute Gasteiger partial charge is 0.271 e. The van der Waals surface area contributed by atoms with Gasteiger partial charge in [-0.15, -0.1) is 0 Å². The molecule has 0 aliphatic carbocycles. The fourth-order valence-corrected chi connectivity index (χ4v) is 2.10. The van der Waals surface area contributed by atoms with Crippen molar-refractivity contribution < 1.29 is 4.79 Å². The molecule has 92 valence electrons. The van der Waals surface area contributed by atoms with Gasteiger partial charge in [-0.1, -0.05) is 12.1 Å². The van der Waals surface area contributed by atoms with E-state index in [0.29, 0.717) is 5.69 Å². The zero-order valence-electron chi connectivity index (χ0n) is 9.89. The fourth-order valence-electron chi connectivity index (χ4n) is 2.10. The van der Waals surface area contributed by atoms with E-state index in [1.807, 2.05) is 24.3 Å². The van der Waals surface area contributed by atoms with Gasteiger partial charge in [-0.25, -0.2) is 4.98 Å². The molecular formula is C13H14N4O. The molecule has 0 spiro atoms. The highest BCUT2D eigenvalue weighted by molar-refractivity contribution is 5.93. The summed E-state index contributed by atoms with van der Waals surface area (Å²) < 4.78 is 0. The van der Waals surface area contributed by atoms with Gasteiger partial charge in [0.2, 0.25) is 0 Å². The fraction of sp³-hybridized carbons (Fsp3) is 0.308. The Hall–Kier alpha value is -2.01. The standard InChI is InChI=1S/C13H14N4O/c18-13(16-9-5-6-14-7-9)12-8-15-10-3-1-2-4-11(10)17-12/h1-4,8-9,14H,5-7H2,(H,16,18)/t9-/m0/s1. The van der Waals surface area contributed by atoms with Crippen molar-refractivity contribution in [3.05, 3.63) is 36.2 Å². The number of carbonyl (C=O) groups is 1. The third-order valence-corrected chi connectivity index (χ3v) is 3.08. The number of nitrogens with zero attached hydrogens (tertiary/aromatic N) is 2. The van der Waals surface area contributed by atoms with Crippen molar-refractivity contribution in [1.82, 2.24) is 20.6 Å². The molecule has 1 aliphatic rings. The first-order valence-corrected chi connectivity index (χ1v) is 6.06. The summed E-state index contributed by atoms with van der Waals surface area (Å²) in [6.45, 7) is 1.78. The molecule has 0 saturated carbocycles. The summed E-state index contributed by atoms with van der Waals surface area (Å²) in [6.07, 6.45) is 2.49. The number of amides is 1. The molecule has 5 heteroatoms. The highest BCUT2D eigenvalue weighted by atomic mass is 16.1. The van der Waals surface area contributed by atoms with Gasteiger partial charge in [0.25, 0.3) is 5.91 Å². The Labute approximate surface area is 105 Å². The van der Waals surface area contributed by atoms with Crippen LogP contribution in [0.4, 0.5) is 0 Å². The van der Waals surface area contributed by atoms with Gasteiger partial charge >= 0.3 is 0 Å². The van der Waals surface area contributed by atoms with E-state index in [0.717, 1.165) is 30.5 Å². The van der Waals surface area contributed by atoms with Crippen molar-refractivity contribution in [3.63, 3.8) is 0 Å². The Morgan fingerprint density at radius 3 is 2.94 bits per heavy atom. The molecule has 18 heavy (non-hydrogen) atoms. The molecule has 2 N–H and O–H groups in total. The topological polar surface area (TPSA) is 66.9 Å². The van der Waals surface area contributed by atoms with Crippen LogP contribution in [0.15, 0.2) is 30.5 Å². The molecule has 1 aliphatic heterocycles. The van der Waals surface area contributed by atoms with Crippen LogP contribution < -0.4 is 10.6 Å². The van der Waals surface area contributed by atoms with Gasteiger partial charge in [0.05, 0.1) is 17.2 Å². The van der Waals surface area contributed by atoms with Crippen LogP contribution in [0.3, 0.4) is 0 Å². The van der Waals surface area contributed by atoms with Crippen molar-refractivity contribution in [1.29, 1.82) is 0 Å². The Kier molecular flexibility index (Phi) is 2.90. The normalized spacial score (nSPS) is 19.0. The van der Waals surface area contributed by atoms with Crippen molar-refractivity contribution in [2.75, 3.05) is 13.1 Å². The van der Waals surface area contributed by atoms with Crippen LogP contribution in [0, 0.1) is 0 Å². The second-order valence-corrected chi connectivity index (χ2v) is 4.41. The molecule has 3 rings (SSSR count). The summed E-state index contributed by atoms with van der Waals surface area (Å²) in [5.41, 5.74) is 1.92. The van der Waals surface area contributed by atoms with E-state index < -0.39 is 0 Å². The van der Waals surface area contributed by atoms with E-state index in [1.165, 1.54) is 6.20 Å². The Bertz CT molecular complexity index is 578. The minimum Gasteiger partial charge on any atom is -0.347 e. The lowest BCUT2D eigenvalue weighted by Crippen LogP contribution is -2.36. The first-order valence-electron chi connectivity index (χ1n) is 6.06. The second kappa shape index (κ2) is 4.70. The van der Waals surface area contributed by atoms with Crippen molar-refractivity contribution >= 4 is 16.9 Å². The highest BCUT2D eigenvalue weighted by Gasteiger charge is 2.18. The number of hydrogen-bond donors (Lipinski definition) is 2. The van der Waals surface area contributed by atoms with E-state index in [9.17, 15) is 4.79 Å². The predicted octanol–water partition coefficient (Wildman–Crippen LogP) is 0.721. The van der Waals surface area contributed by atoms with Gasteiger partial charge in [-0.05, 0) is 25.1 Å². The van der Waals surface area contributed by atoms with E-state index in [-0.39, 0.29) is 11.9 Å². The van der Waals surface area contributed by atoms with E-state index >= 15 is 0 Å². The molecule has 1 amide bonds. The molecule has 1 atom stereocenters. The molecule has 5 nitrogen and oxygen atoms in total. The summed E-state index contributed by atoms with van der Waals surface area (Å²) in [6, 6.07) is 7.73.